The molecule has 64 valence electrons. The van der Waals surface area contributed by atoms with Crippen molar-refractivity contribution in [2.75, 3.05) is 19.3 Å². The smallest absolute Gasteiger partial charge is 0.161 e. The molecule has 0 radical (unpaired) electrons. The summed E-state index contributed by atoms with van der Waals surface area (Å²) in [6.45, 7) is 2.55. The Morgan fingerprint density at radius 1 is 1.67 bits per heavy atom. The summed E-state index contributed by atoms with van der Waals surface area (Å²) in [6.07, 6.45) is 0. The number of hydrogen-bond donors (Lipinski definition) is 3. The van der Waals surface area contributed by atoms with Crippen molar-refractivity contribution in [1.29, 1.82) is 0 Å². The van der Waals surface area contributed by atoms with Crippen LogP contribution in [0.4, 0.5) is 5.82 Å². The van der Waals surface area contributed by atoms with Crippen molar-refractivity contribution >= 4 is 5.82 Å². The molecule has 1 heterocycles. The van der Waals surface area contributed by atoms with Gasteiger partial charge in [-0.05, 0) is 14.0 Å². The monoisotopic (exact) mass is 164 g/mol. The highest BCUT2D eigenvalue weighted by Crippen LogP contribution is 2.09. The number of hydrogen-bond acceptors (Lipinski definition) is 3. The third-order valence-electron chi connectivity index (χ3n) is 1.45. The fraction of sp³-hybridized carbons (Fsp3) is 0.375. The van der Waals surface area contributed by atoms with E-state index >= 15 is 0 Å². The Hall–Kier alpha value is -1.47. The van der Waals surface area contributed by atoms with Gasteiger partial charge in [0.05, 0.1) is 12.1 Å². The van der Waals surface area contributed by atoms with Crippen LogP contribution in [0.5, 0.6) is 0 Å². The predicted molar refractivity (Wildman–Crippen MR) is 48.5 cm³/mol. The Kier molecular flexibility index (Phi) is 2.72. The number of nitrogens with one attached hydrogen (secondary N) is 2. The third-order valence-corrected chi connectivity index (χ3v) is 1.45. The minimum Gasteiger partial charge on any atom is -0.381 e. The molecule has 0 aliphatic carbocycles. The summed E-state index contributed by atoms with van der Waals surface area (Å²) in [5.41, 5.74) is 7.27. The number of H-pyrrole nitrogens is 1. The van der Waals surface area contributed by atoms with Gasteiger partial charge in [0.1, 0.15) is 0 Å². The van der Waals surface area contributed by atoms with Crippen LogP contribution in [-0.2, 0) is 0 Å². The predicted octanol–water partition coefficient (Wildman–Crippen LogP) is -0.129. The SMILES string of the molecule is CNCC#Cc1c(N)n[nH]c1C. The molecule has 0 aromatic carbocycles. The minimum absolute atomic E-state index is 0.469. The van der Waals surface area contributed by atoms with E-state index in [-0.39, 0.29) is 0 Å². The lowest BCUT2D eigenvalue weighted by Crippen LogP contribution is -2.04. The van der Waals surface area contributed by atoms with E-state index in [1.807, 2.05) is 14.0 Å². The number of nitrogen functional groups attached to an aromatic ring is 1. The lowest BCUT2D eigenvalue weighted by molar-refractivity contribution is 0.938. The van der Waals surface area contributed by atoms with E-state index in [0.717, 1.165) is 11.3 Å². The van der Waals surface area contributed by atoms with Crippen LogP contribution in [-0.4, -0.2) is 23.8 Å². The normalized spacial score (nSPS) is 9.17. The highest BCUT2D eigenvalue weighted by atomic mass is 15.2. The molecule has 0 saturated carbocycles. The molecule has 0 bridgehead atoms. The molecule has 0 spiro atoms. The highest BCUT2D eigenvalue weighted by molar-refractivity contribution is 5.53. The van der Waals surface area contributed by atoms with Crippen molar-refractivity contribution in [2.24, 2.45) is 0 Å². The van der Waals surface area contributed by atoms with E-state index in [2.05, 4.69) is 27.4 Å². The summed E-state index contributed by atoms with van der Waals surface area (Å²) in [4.78, 5) is 0. The molecule has 4 nitrogen and oxygen atoms in total. The van der Waals surface area contributed by atoms with Crippen molar-refractivity contribution in [1.82, 2.24) is 15.5 Å². The molecule has 0 aliphatic heterocycles. The van der Waals surface area contributed by atoms with Crippen molar-refractivity contribution in [3.8, 4) is 11.8 Å². The van der Waals surface area contributed by atoms with Crippen LogP contribution >= 0.6 is 0 Å². The Morgan fingerprint density at radius 3 is 2.92 bits per heavy atom. The summed E-state index contributed by atoms with van der Waals surface area (Å²) in [5.74, 6) is 6.32. The van der Waals surface area contributed by atoms with E-state index in [1.54, 1.807) is 0 Å². The Bertz CT molecular complexity index is 296. The van der Waals surface area contributed by atoms with Crippen LogP contribution in [0.1, 0.15) is 11.3 Å². The highest BCUT2D eigenvalue weighted by Gasteiger charge is 2.01. The zero-order chi connectivity index (χ0) is 8.97. The van der Waals surface area contributed by atoms with Crippen molar-refractivity contribution in [3.63, 3.8) is 0 Å². The first-order chi connectivity index (χ1) is 5.75. The molecule has 1 rings (SSSR count). The number of anilines is 1. The van der Waals surface area contributed by atoms with Gasteiger partial charge in [0, 0.05) is 5.69 Å². The zero-order valence-corrected chi connectivity index (χ0v) is 7.23. The van der Waals surface area contributed by atoms with Crippen molar-refractivity contribution in [3.05, 3.63) is 11.3 Å². The van der Waals surface area contributed by atoms with Crippen molar-refractivity contribution < 1.29 is 0 Å². The lowest BCUT2D eigenvalue weighted by Gasteiger charge is -1.87. The van der Waals surface area contributed by atoms with Gasteiger partial charge in [0.15, 0.2) is 5.82 Å². The average Bonchev–Trinajstić information content (AvgIpc) is 2.35. The summed E-state index contributed by atoms with van der Waals surface area (Å²) >= 11 is 0. The van der Waals surface area contributed by atoms with Gasteiger partial charge in [-0.2, -0.15) is 5.10 Å². The van der Waals surface area contributed by atoms with Gasteiger partial charge in [-0.25, -0.2) is 0 Å². The molecular formula is C8H12N4. The number of nitrogens with zero attached hydrogens (tertiary/aromatic N) is 1. The molecule has 1 aromatic rings. The van der Waals surface area contributed by atoms with E-state index in [1.165, 1.54) is 0 Å². The topological polar surface area (TPSA) is 66.7 Å². The second-order valence-electron chi connectivity index (χ2n) is 2.44. The number of aromatic nitrogens is 2. The lowest BCUT2D eigenvalue weighted by atomic mass is 10.2. The zero-order valence-electron chi connectivity index (χ0n) is 7.23. The summed E-state index contributed by atoms with van der Waals surface area (Å²) in [7, 11) is 1.85. The molecule has 0 atom stereocenters. The summed E-state index contributed by atoms with van der Waals surface area (Å²) in [5, 5.41) is 9.51. The Balaban J connectivity index is 2.82. The Labute approximate surface area is 71.5 Å². The van der Waals surface area contributed by atoms with Crippen LogP contribution in [0, 0.1) is 18.8 Å². The third kappa shape index (κ3) is 1.77. The molecule has 4 N–H and O–H groups in total. The van der Waals surface area contributed by atoms with Crippen LogP contribution in [0.15, 0.2) is 0 Å². The van der Waals surface area contributed by atoms with Gasteiger partial charge >= 0.3 is 0 Å². The van der Waals surface area contributed by atoms with E-state index in [9.17, 15) is 0 Å². The molecule has 0 fully saturated rings. The summed E-state index contributed by atoms with van der Waals surface area (Å²) in [6, 6.07) is 0. The van der Waals surface area contributed by atoms with E-state index < -0.39 is 0 Å². The fourth-order valence-corrected chi connectivity index (χ4v) is 0.827. The number of nitrogens with two attached hydrogens (primary N) is 1. The Morgan fingerprint density at radius 2 is 2.42 bits per heavy atom. The van der Waals surface area contributed by atoms with Gasteiger partial charge in [0.2, 0.25) is 0 Å². The molecule has 0 saturated heterocycles. The largest absolute Gasteiger partial charge is 0.381 e. The second-order valence-corrected chi connectivity index (χ2v) is 2.44. The maximum atomic E-state index is 5.56. The standard InChI is InChI=1S/C8H12N4/c1-6-7(4-3-5-10-2)8(9)12-11-6/h10H,5H2,1-2H3,(H3,9,11,12). The van der Waals surface area contributed by atoms with Gasteiger partial charge in [-0.15, -0.1) is 0 Å². The van der Waals surface area contributed by atoms with Gasteiger partial charge in [-0.3, -0.25) is 5.10 Å². The minimum atomic E-state index is 0.469. The molecule has 0 unspecified atom stereocenters. The molecule has 12 heavy (non-hydrogen) atoms. The van der Waals surface area contributed by atoms with E-state index in [4.69, 9.17) is 5.73 Å². The maximum absolute atomic E-state index is 5.56. The quantitative estimate of drug-likeness (QED) is 0.506. The van der Waals surface area contributed by atoms with Crippen LogP contribution in [0.25, 0.3) is 0 Å². The first-order valence-electron chi connectivity index (χ1n) is 3.69. The summed E-state index contributed by atoms with van der Waals surface area (Å²) < 4.78 is 0. The van der Waals surface area contributed by atoms with Gasteiger partial charge in [-0.1, -0.05) is 11.8 Å². The molecule has 0 aliphatic rings. The van der Waals surface area contributed by atoms with Crippen LogP contribution in [0.2, 0.25) is 0 Å². The first kappa shape index (κ1) is 8.62. The second kappa shape index (κ2) is 3.79. The molecular weight excluding hydrogens is 152 g/mol. The van der Waals surface area contributed by atoms with Gasteiger partial charge in [0.25, 0.3) is 0 Å². The molecule has 1 aromatic heterocycles. The van der Waals surface area contributed by atoms with Crippen LogP contribution < -0.4 is 11.1 Å². The van der Waals surface area contributed by atoms with E-state index in [0.29, 0.717) is 12.4 Å². The van der Waals surface area contributed by atoms with Crippen LogP contribution in [0.3, 0.4) is 0 Å². The first-order valence-corrected chi connectivity index (χ1v) is 3.69. The van der Waals surface area contributed by atoms with Crippen molar-refractivity contribution in [2.45, 2.75) is 6.92 Å². The van der Waals surface area contributed by atoms with Gasteiger partial charge < -0.3 is 11.1 Å². The molecule has 4 heteroatoms. The average molecular weight is 164 g/mol. The fourth-order valence-electron chi connectivity index (χ4n) is 0.827. The maximum Gasteiger partial charge on any atom is 0.161 e. The molecule has 0 amide bonds. The number of aryl methyl sites for hydroxylation is 1. The number of rotatable bonds is 1. The number of aromatic amines is 1.